The third-order valence-electron chi connectivity index (χ3n) is 5.09. The van der Waals surface area contributed by atoms with Crippen LogP contribution in [0.3, 0.4) is 0 Å². The highest BCUT2D eigenvalue weighted by molar-refractivity contribution is 7.89. The summed E-state index contributed by atoms with van der Waals surface area (Å²) in [5.41, 5.74) is 1.21. The Balaban J connectivity index is 1.34. The van der Waals surface area contributed by atoms with Gasteiger partial charge in [-0.15, -0.1) is 0 Å². The Labute approximate surface area is 179 Å². The maximum Gasteiger partial charge on any atom is 0.359 e. The van der Waals surface area contributed by atoms with E-state index in [1.165, 1.54) is 28.6 Å². The maximum atomic E-state index is 12.7. The summed E-state index contributed by atoms with van der Waals surface area (Å²) in [7, 11) is -3.53. The van der Waals surface area contributed by atoms with E-state index < -0.39 is 28.5 Å². The van der Waals surface area contributed by atoms with Gasteiger partial charge in [0.1, 0.15) is 0 Å². The molecule has 9 nitrogen and oxygen atoms in total. The maximum absolute atomic E-state index is 12.7. The lowest BCUT2D eigenvalue weighted by molar-refractivity contribution is -0.119. The van der Waals surface area contributed by atoms with Crippen LogP contribution >= 0.6 is 0 Å². The van der Waals surface area contributed by atoms with Crippen LogP contribution in [-0.2, 0) is 19.6 Å². The Morgan fingerprint density at radius 3 is 2.48 bits per heavy atom. The first-order valence-corrected chi connectivity index (χ1v) is 11.4. The molecule has 0 radical (unpaired) electrons. The fourth-order valence-electron chi connectivity index (χ4n) is 3.48. The molecule has 0 unspecified atom stereocenters. The van der Waals surface area contributed by atoms with E-state index in [0.29, 0.717) is 29.7 Å². The first-order chi connectivity index (χ1) is 14.9. The molecule has 0 bridgehead atoms. The number of benzene rings is 2. The second-order valence-electron chi connectivity index (χ2n) is 7.23. The summed E-state index contributed by atoms with van der Waals surface area (Å²) in [5, 5.41) is 9.86. The van der Waals surface area contributed by atoms with Crippen LogP contribution in [0.2, 0.25) is 0 Å². The molecule has 1 amide bonds. The molecule has 10 heteroatoms. The summed E-state index contributed by atoms with van der Waals surface area (Å²) < 4.78 is 31.9. The topological polar surface area (TPSA) is 121 Å². The van der Waals surface area contributed by atoms with Crippen molar-refractivity contribution in [2.45, 2.75) is 24.2 Å². The fourth-order valence-corrected chi connectivity index (χ4v) is 5.00. The van der Waals surface area contributed by atoms with E-state index in [0.717, 1.165) is 19.3 Å². The number of nitrogens with zero attached hydrogens (tertiary/aromatic N) is 2. The van der Waals surface area contributed by atoms with Gasteiger partial charge in [-0.25, -0.2) is 13.2 Å². The summed E-state index contributed by atoms with van der Waals surface area (Å²) in [4.78, 5) is 24.5. The number of amides is 1. The van der Waals surface area contributed by atoms with Gasteiger partial charge in [0.15, 0.2) is 12.3 Å². The lowest BCUT2D eigenvalue weighted by Gasteiger charge is -2.25. The number of H-pyrrole nitrogens is 1. The SMILES string of the molecule is O=C(COC(=O)c1n[nH]c2ccccc12)Nc1ccc(S(=O)(=O)N2CCCCC2)cc1. The molecule has 1 aromatic heterocycles. The standard InChI is InChI=1S/C21H22N4O5S/c26-19(14-30-21(27)20-17-6-2-3-7-18(17)23-24-20)22-15-8-10-16(11-9-15)31(28,29)25-12-4-1-5-13-25/h2-3,6-11H,1,4-5,12-14H2,(H,22,26)(H,23,24). The molecule has 4 rings (SSSR count). The van der Waals surface area contributed by atoms with E-state index in [-0.39, 0.29) is 10.6 Å². The summed E-state index contributed by atoms with van der Waals surface area (Å²) in [5.74, 6) is -1.25. The van der Waals surface area contributed by atoms with Gasteiger partial charge < -0.3 is 10.1 Å². The normalized spacial score (nSPS) is 15.0. The number of hydrogen-bond acceptors (Lipinski definition) is 6. The summed E-state index contributed by atoms with van der Waals surface area (Å²) in [6.45, 7) is 0.558. The first kappa shape index (κ1) is 21.0. The van der Waals surface area contributed by atoms with Gasteiger partial charge >= 0.3 is 5.97 Å². The van der Waals surface area contributed by atoms with Gasteiger partial charge in [0.2, 0.25) is 10.0 Å². The molecular formula is C21H22N4O5S. The lowest BCUT2D eigenvalue weighted by Crippen LogP contribution is -2.35. The monoisotopic (exact) mass is 442 g/mol. The number of nitrogens with one attached hydrogen (secondary N) is 2. The Kier molecular flexibility index (Phi) is 6.01. The van der Waals surface area contributed by atoms with Gasteiger partial charge in [-0.3, -0.25) is 9.89 Å². The van der Waals surface area contributed by atoms with Crippen LogP contribution in [0.4, 0.5) is 5.69 Å². The molecule has 1 saturated heterocycles. The number of carbonyl (C=O) groups is 2. The Bertz CT molecular complexity index is 1200. The quantitative estimate of drug-likeness (QED) is 0.566. The number of hydrogen-bond donors (Lipinski definition) is 2. The van der Waals surface area contributed by atoms with Crippen molar-refractivity contribution in [1.82, 2.24) is 14.5 Å². The molecule has 1 aliphatic rings. The lowest BCUT2D eigenvalue weighted by atomic mass is 10.2. The minimum absolute atomic E-state index is 0.107. The predicted molar refractivity (Wildman–Crippen MR) is 114 cm³/mol. The zero-order chi connectivity index (χ0) is 21.8. The van der Waals surface area contributed by atoms with Crippen LogP contribution < -0.4 is 5.32 Å². The number of carbonyl (C=O) groups excluding carboxylic acids is 2. The van der Waals surface area contributed by atoms with Gasteiger partial charge in [0.25, 0.3) is 5.91 Å². The Morgan fingerprint density at radius 1 is 1.03 bits per heavy atom. The van der Waals surface area contributed by atoms with Gasteiger partial charge in [-0.1, -0.05) is 24.6 Å². The highest BCUT2D eigenvalue weighted by Crippen LogP contribution is 2.22. The van der Waals surface area contributed by atoms with Gasteiger partial charge in [-0.2, -0.15) is 9.40 Å². The van der Waals surface area contributed by atoms with Gasteiger partial charge in [0.05, 0.1) is 10.4 Å². The number of aromatic nitrogens is 2. The van der Waals surface area contributed by atoms with E-state index in [1.54, 1.807) is 18.2 Å². The second kappa shape index (κ2) is 8.86. The molecule has 0 atom stereocenters. The molecule has 2 aromatic carbocycles. The smallest absolute Gasteiger partial charge is 0.359 e. The molecule has 31 heavy (non-hydrogen) atoms. The number of anilines is 1. The first-order valence-electron chi connectivity index (χ1n) is 9.95. The number of rotatable bonds is 6. The highest BCUT2D eigenvalue weighted by atomic mass is 32.2. The Hall–Kier alpha value is -3.24. The molecule has 3 aromatic rings. The molecule has 162 valence electrons. The van der Waals surface area contributed by atoms with Gasteiger partial charge in [0, 0.05) is 24.2 Å². The van der Waals surface area contributed by atoms with Crippen LogP contribution in [0, 0.1) is 0 Å². The number of sulfonamides is 1. The molecule has 2 heterocycles. The Morgan fingerprint density at radius 2 is 1.74 bits per heavy atom. The molecule has 2 N–H and O–H groups in total. The van der Waals surface area contributed by atoms with Crippen LogP contribution in [-0.4, -0.2) is 54.5 Å². The number of fused-ring (bicyclic) bond motifs is 1. The molecule has 0 spiro atoms. The average molecular weight is 442 g/mol. The number of para-hydroxylation sites is 1. The minimum Gasteiger partial charge on any atom is -0.451 e. The van der Waals surface area contributed by atoms with Crippen LogP contribution in [0.15, 0.2) is 53.4 Å². The van der Waals surface area contributed by atoms with Crippen molar-refractivity contribution in [2.24, 2.45) is 0 Å². The third kappa shape index (κ3) is 4.59. The number of piperidine rings is 1. The summed E-state index contributed by atoms with van der Waals surface area (Å²) in [6, 6.07) is 13.0. The third-order valence-corrected chi connectivity index (χ3v) is 7.00. The summed E-state index contributed by atoms with van der Waals surface area (Å²) in [6.07, 6.45) is 2.76. The van der Waals surface area contributed by atoms with E-state index in [9.17, 15) is 18.0 Å². The number of aromatic amines is 1. The molecule has 1 aliphatic heterocycles. The highest BCUT2D eigenvalue weighted by Gasteiger charge is 2.25. The van der Waals surface area contributed by atoms with E-state index in [1.807, 2.05) is 6.07 Å². The van der Waals surface area contributed by atoms with Crippen LogP contribution in [0.5, 0.6) is 0 Å². The molecule has 0 aliphatic carbocycles. The number of esters is 1. The van der Waals surface area contributed by atoms with Crippen molar-refractivity contribution < 1.29 is 22.7 Å². The average Bonchev–Trinajstić information content (AvgIpc) is 3.23. The van der Waals surface area contributed by atoms with Crippen LogP contribution in [0.25, 0.3) is 10.9 Å². The van der Waals surface area contributed by atoms with Crippen molar-refractivity contribution in [1.29, 1.82) is 0 Å². The zero-order valence-electron chi connectivity index (χ0n) is 16.7. The molecule has 1 fully saturated rings. The zero-order valence-corrected chi connectivity index (χ0v) is 17.5. The van der Waals surface area contributed by atoms with E-state index in [4.69, 9.17) is 4.74 Å². The van der Waals surface area contributed by atoms with Crippen molar-refractivity contribution in [3.8, 4) is 0 Å². The second-order valence-corrected chi connectivity index (χ2v) is 9.17. The van der Waals surface area contributed by atoms with Crippen molar-refractivity contribution in [2.75, 3.05) is 25.0 Å². The minimum atomic E-state index is -3.53. The van der Waals surface area contributed by atoms with Gasteiger partial charge in [-0.05, 0) is 43.2 Å². The number of ether oxygens (including phenoxy) is 1. The predicted octanol–water partition coefficient (Wildman–Crippen LogP) is 2.53. The molecule has 0 saturated carbocycles. The summed E-state index contributed by atoms with van der Waals surface area (Å²) >= 11 is 0. The molecular weight excluding hydrogens is 420 g/mol. The van der Waals surface area contributed by atoms with E-state index in [2.05, 4.69) is 15.5 Å². The van der Waals surface area contributed by atoms with Crippen LogP contribution in [0.1, 0.15) is 29.8 Å². The van der Waals surface area contributed by atoms with Crippen molar-refractivity contribution in [3.05, 3.63) is 54.2 Å². The largest absolute Gasteiger partial charge is 0.451 e. The van der Waals surface area contributed by atoms with Crippen molar-refractivity contribution >= 4 is 38.5 Å². The fraction of sp³-hybridized carbons (Fsp3) is 0.286. The van der Waals surface area contributed by atoms with E-state index >= 15 is 0 Å². The van der Waals surface area contributed by atoms with Crippen molar-refractivity contribution in [3.63, 3.8) is 0 Å².